The minimum absolute atomic E-state index is 0.0114. The minimum Gasteiger partial charge on any atom is -0.416 e. The minimum atomic E-state index is -4.79. The molecule has 36 heavy (non-hydrogen) atoms. The van der Waals surface area contributed by atoms with Gasteiger partial charge in [-0.15, -0.1) is 13.2 Å². The number of nitro groups is 2. The van der Waals surface area contributed by atoms with Crippen LogP contribution in [0.3, 0.4) is 0 Å². The molecule has 0 aliphatic carbocycles. The van der Waals surface area contributed by atoms with E-state index < -0.39 is 36.3 Å². The molecule has 0 N–H and O–H groups in total. The molecule has 0 fully saturated rings. The SMILES string of the molecule is CC(C)(C)[Si](C)(C)OCCN(CCn1cc([N+](=O)[O-])nc1[N+](=O)[O-])Cc1ccc(OC(F)(F)F)cc1. The maximum atomic E-state index is 12.4. The number of hydrogen-bond acceptors (Lipinski definition) is 8. The van der Waals surface area contributed by atoms with Gasteiger partial charge in [0.15, 0.2) is 14.5 Å². The molecule has 11 nitrogen and oxygen atoms in total. The Kier molecular flexibility index (Phi) is 9.20. The molecule has 0 aliphatic heterocycles. The molecule has 0 unspecified atom stereocenters. The summed E-state index contributed by atoms with van der Waals surface area (Å²) in [6.45, 7) is 11.9. The van der Waals surface area contributed by atoms with Gasteiger partial charge in [0.05, 0.1) is 6.54 Å². The van der Waals surface area contributed by atoms with Crippen molar-refractivity contribution in [3.05, 3.63) is 56.3 Å². The van der Waals surface area contributed by atoms with Gasteiger partial charge in [0.1, 0.15) is 5.75 Å². The maximum Gasteiger partial charge on any atom is 0.573 e. The second-order valence-corrected chi connectivity index (χ2v) is 14.5. The van der Waals surface area contributed by atoms with Crippen molar-refractivity contribution < 1.29 is 32.2 Å². The second-order valence-electron chi connectivity index (χ2n) is 9.68. The molecule has 2 rings (SSSR count). The summed E-state index contributed by atoms with van der Waals surface area (Å²) in [6.07, 6.45) is -3.79. The predicted molar refractivity (Wildman–Crippen MR) is 127 cm³/mol. The highest BCUT2D eigenvalue weighted by Crippen LogP contribution is 2.36. The molecule has 15 heteroatoms. The Balaban J connectivity index is 2.16. The van der Waals surface area contributed by atoms with Crippen LogP contribution in [0.25, 0.3) is 0 Å². The number of hydrogen-bond donors (Lipinski definition) is 0. The van der Waals surface area contributed by atoms with Gasteiger partial charge in [-0.1, -0.05) is 32.9 Å². The van der Waals surface area contributed by atoms with Crippen molar-refractivity contribution in [2.45, 2.75) is 58.4 Å². The van der Waals surface area contributed by atoms with Crippen molar-refractivity contribution in [2.75, 3.05) is 19.7 Å². The fraction of sp³-hybridized carbons (Fsp3) is 0.571. The summed E-state index contributed by atoms with van der Waals surface area (Å²) in [7, 11) is -2.04. The first-order valence-corrected chi connectivity index (χ1v) is 14.0. The molecule has 0 saturated carbocycles. The van der Waals surface area contributed by atoms with E-state index in [1.807, 2.05) is 4.90 Å². The fourth-order valence-electron chi connectivity index (χ4n) is 3.01. The van der Waals surface area contributed by atoms with E-state index in [0.717, 1.165) is 10.8 Å². The second kappa shape index (κ2) is 11.3. The Morgan fingerprint density at radius 3 is 2.17 bits per heavy atom. The summed E-state index contributed by atoms with van der Waals surface area (Å²) in [5.74, 6) is -1.62. The number of nitrogens with zero attached hydrogens (tertiary/aromatic N) is 5. The summed E-state index contributed by atoms with van der Waals surface area (Å²) >= 11 is 0. The summed E-state index contributed by atoms with van der Waals surface area (Å²) in [4.78, 5) is 26.0. The first-order chi connectivity index (χ1) is 16.5. The van der Waals surface area contributed by atoms with Crippen molar-refractivity contribution >= 4 is 20.1 Å². The van der Waals surface area contributed by atoms with Crippen molar-refractivity contribution in [1.82, 2.24) is 14.5 Å². The van der Waals surface area contributed by atoms with E-state index in [2.05, 4.69) is 43.6 Å². The van der Waals surface area contributed by atoms with Crippen LogP contribution in [0.5, 0.6) is 5.75 Å². The topological polar surface area (TPSA) is 126 Å². The van der Waals surface area contributed by atoms with Crippen LogP contribution in [0.4, 0.5) is 24.9 Å². The normalized spacial score (nSPS) is 12.7. The summed E-state index contributed by atoms with van der Waals surface area (Å²) < 4.78 is 48.5. The largest absolute Gasteiger partial charge is 0.573 e. The van der Waals surface area contributed by atoms with Gasteiger partial charge in [0, 0.05) is 26.2 Å². The smallest absolute Gasteiger partial charge is 0.416 e. The van der Waals surface area contributed by atoms with Crippen LogP contribution < -0.4 is 4.74 Å². The lowest BCUT2D eigenvalue weighted by atomic mass is 10.2. The van der Waals surface area contributed by atoms with Crippen molar-refractivity contribution in [1.29, 1.82) is 0 Å². The highest BCUT2D eigenvalue weighted by molar-refractivity contribution is 6.74. The molecule has 1 aromatic carbocycles. The average molecular weight is 534 g/mol. The number of alkyl halides is 3. The number of ether oxygens (including phenoxy) is 1. The molecule has 0 atom stereocenters. The Bertz CT molecular complexity index is 1050. The van der Waals surface area contributed by atoms with Gasteiger partial charge in [-0.3, -0.25) is 4.90 Å². The van der Waals surface area contributed by atoms with E-state index in [9.17, 15) is 33.4 Å². The number of imidazole rings is 1. The molecule has 200 valence electrons. The first kappa shape index (κ1) is 29.2. The summed E-state index contributed by atoms with van der Waals surface area (Å²) in [5.41, 5.74) is 0.683. The van der Waals surface area contributed by atoms with E-state index in [-0.39, 0.29) is 23.9 Å². The molecule has 2 aromatic rings. The number of rotatable bonds is 12. The van der Waals surface area contributed by atoms with Gasteiger partial charge in [0.2, 0.25) is 0 Å². The monoisotopic (exact) mass is 533 g/mol. The highest BCUT2D eigenvalue weighted by Gasteiger charge is 2.37. The van der Waals surface area contributed by atoms with E-state index >= 15 is 0 Å². The molecular formula is C21H30F3N5O6Si. The van der Waals surface area contributed by atoms with E-state index in [1.165, 1.54) is 24.3 Å². The van der Waals surface area contributed by atoms with Crippen molar-refractivity contribution in [3.8, 4) is 5.75 Å². The number of benzene rings is 1. The van der Waals surface area contributed by atoms with Crippen LogP contribution in [-0.4, -0.2) is 58.7 Å². The van der Waals surface area contributed by atoms with Crippen LogP contribution in [0.1, 0.15) is 26.3 Å². The lowest BCUT2D eigenvalue weighted by Crippen LogP contribution is -2.43. The molecular weight excluding hydrogens is 503 g/mol. The van der Waals surface area contributed by atoms with Gasteiger partial charge in [0.25, 0.3) is 0 Å². The van der Waals surface area contributed by atoms with Crippen LogP contribution >= 0.6 is 0 Å². The third-order valence-corrected chi connectivity index (χ3v) is 10.5. The standard InChI is InChI=1S/C21H30F3N5O6Si/c1-20(2,3)36(4,5)34-13-12-26(14-16-6-8-17(9-7-16)35-21(22,23)24)10-11-27-15-18(28(30)31)25-19(27)29(32)33/h6-9,15H,10-14H2,1-5H3. The van der Waals surface area contributed by atoms with Crippen molar-refractivity contribution in [3.63, 3.8) is 0 Å². The first-order valence-electron chi connectivity index (χ1n) is 11.1. The van der Waals surface area contributed by atoms with Crippen LogP contribution in [0, 0.1) is 20.2 Å². The van der Waals surface area contributed by atoms with E-state index in [0.29, 0.717) is 25.3 Å². The molecule has 0 amide bonds. The maximum absolute atomic E-state index is 12.4. The lowest BCUT2D eigenvalue weighted by Gasteiger charge is -2.36. The predicted octanol–water partition coefficient (Wildman–Crippen LogP) is 5.12. The van der Waals surface area contributed by atoms with E-state index in [1.54, 1.807) is 0 Å². The van der Waals surface area contributed by atoms with Crippen LogP contribution in [-0.2, 0) is 17.5 Å². The zero-order valence-electron chi connectivity index (χ0n) is 20.7. The molecule has 1 heterocycles. The van der Waals surface area contributed by atoms with Gasteiger partial charge in [-0.05, 0) is 50.7 Å². The van der Waals surface area contributed by atoms with Gasteiger partial charge >= 0.3 is 18.1 Å². The zero-order chi connectivity index (χ0) is 27.3. The quantitative estimate of drug-likeness (QED) is 0.209. The Morgan fingerprint density at radius 1 is 1.06 bits per heavy atom. The summed E-state index contributed by atoms with van der Waals surface area (Å²) in [5, 5.41) is 22.3. The third-order valence-electron chi connectivity index (χ3n) is 5.99. The van der Waals surface area contributed by atoms with Crippen LogP contribution in [0.15, 0.2) is 30.5 Å². The summed E-state index contributed by atoms with van der Waals surface area (Å²) in [6, 6.07) is 5.40. The van der Waals surface area contributed by atoms with Gasteiger partial charge in [-0.25, -0.2) is 4.57 Å². The van der Waals surface area contributed by atoms with E-state index in [4.69, 9.17) is 4.43 Å². The zero-order valence-corrected chi connectivity index (χ0v) is 21.7. The van der Waals surface area contributed by atoms with Gasteiger partial charge < -0.3 is 29.4 Å². The highest BCUT2D eigenvalue weighted by atomic mass is 28.4. The number of aromatic nitrogens is 2. The third kappa shape index (κ3) is 8.56. The molecule has 0 radical (unpaired) electrons. The lowest BCUT2D eigenvalue weighted by molar-refractivity contribution is -0.403. The fourth-order valence-corrected chi connectivity index (χ4v) is 4.05. The molecule has 0 saturated heterocycles. The molecule has 0 spiro atoms. The van der Waals surface area contributed by atoms with Crippen LogP contribution in [0.2, 0.25) is 18.1 Å². The Morgan fingerprint density at radius 2 is 1.67 bits per heavy atom. The molecule has 0 bridgehead atoms. The molecule has 0 aliphatic rings. The molecule has 1 aromatic heterocycles. The Hall–Kier alpha value is -3.04. The van der Waals surface area contributed by atoms with Gasteiger partial charge in [-0.2, -0.15) is 0 Å². The Labute approximate surface area is 207 Å². The number of halogens is 3. The van der Waals surface area contributed by atoms with Crippen molar-refractivity contribution in [2.24, 2.45) is 0 Å². The average Bonchev–Trinajstić information content (AvgIpc) is 3.16.